The summed E-state index contributed by atoms with van der Waals surface area (Å²) >= 11 is 0. The lowest BCUT2D eigenvalue weighted by Gasteiger charge is -2.35. The number of amides is 2. The normalized spacial score (nSPS) is 18.6. The first-order chi connectivity index (χ1) is 10.3. The first kappa shape index (κ1) is 15.9. The Hall–Kier alpha value is -2.46. The van der Waals surface area contributed by atoms with Gasteiger partial charge >= 0.3 is 10.3 Å². The minimum Gasteiger partial charge on any atom is -0.398 e. The van der Waals surface area contributed by atoms with E-state index in [1.54, 1.807) is 30.3 Å². The number of nitrogens with one attached hydrogen (secondary N) is 1. The van der Waals surface area contributed by atoms with Crippen LogP contribution in [-0.2, 0) is 24.7 Å². The summed E-state index contributed by atoms with van der Waals surface area (Å²) in [5.41, 5.74) is 0.418. The summed E-state index contributed by atoms with van der Waals surface area (Å²) in [6.07, 6.45) is 0. The smallest absolute Gasteiger partial charge is 0.362 e. The fourth-order valence-electron chi connectivity index (χ4n) is 1.85. The molecule has 0 saturated carbocycles. The molecule has 9 nitrogen and oxygen atoms in total. The summed E-state index contributed by atoms with van der Waals surface area (Å²) in [6, 6.07) is 7.37. The molecule has 2 rings (SSSR count). The molecule has 1 fully saturated rings. The number of oxime groups is 1. The first-order valence-electron chi connectivity index (χ1n) is 6.11. The van der Waals surface area contributed by atoms with E-state index in [4.69, 9.17) is 4.55 Å². The lowest BCUT2D eigenvalue weighted by Crippen LogP contribution is -2.65. The van der Waals surface area contributed by atoms with Crippen LogP contribution in [0.1, 0.15) is 5.56 Å². The summed E-state index contributed by atoms with van der Waals surface area (Å²) in [5, 5.41) is 5.95. The molecule has 0 aromatic heterocycles. The van der Waals surface area contributed by atoms with Crippen LogP contribution in [0.25, 0.3) is 0 Å². The number of carbonyl (C=O) groups is 2. The van der Waals surface area contributed by atoms with E-state index in [0.29, 0.717) is 5.56 Å². The van der Waals surface area contributed by atoms with E-state index in [0.717, 1.165) is 0 Å². The average Bonchev–Trinajstić information content (AvgIpc) is 2.47. The van der Waals surface area contributed by atoms with Gasteiger partial charge in [0, 0.05) is 5.56 Å². The van der Waals surface area contributed by atoms with Crippen molar-refractivity contribution in [3.63, 3.8) is 0 Å². The molecule has 1 heterocycles. The molecule has 118 valence electrons. The Morgan fingerprint density at radius 3 is 2.55 bits per heavy atom. The Kier molecular flexibility index (Phi) is 4.43. The Balaban J connectivity index is 2.09. The Bertz CT molecular complexity index is 716. The van der Waals surface area contributed by atoms with Crippen LogP contribution < -0.4 is 5.32 Å². The molecule has 0 spiro atoms. The number of benzene rings is 1. The monoisotopic (exact) mass is 327 g/mol. The van der Waals surface area contributed by atoms with E-state index in [-0.39, 0.29) is 16.6 Å². The van der Waals surface area contributed by atoms with Gasteiger partial charge in [-0.1, -0.05) is 35.5 Å². The molecule has 0 radical (unpaired) electrons. The average molecular weight is 327 g/mol. The second-order valence-electron chi connectivity index (χ2n) is 4.36. The topological polar surface area (TPSA) is 125 Å². The number of carbonyl (C=O) groups excluding carboxylic acids is 2. The van der Waals surface area contributed by atoms with Gasteiger partial charge in [-0.25, -0.2) is 4.31 Å². The second kappa shape index (κ2) is 6.12. The molecule has 1 aliphatic heterocycles. The molecule has 1 saturated heterocycles. The maximum Gasteiger partial charge on any atom is 0.362 e. The number of hydrogen-bond acceptors (Lipinski definition) is 6. The first-order valence-corrected chi connectivity index (χ1v) is 7.50. The third-order valence-corrected chi connectivity index (χ3v) is 3.81. The highest BCUT2D eigenvalue weighted by Crippen LogP contribution is 2.14. The third kappa shape index (κ3) is 3.23. The molecular formula is C12H13N3O6S. The van der Waals surface area contributed by atoms with Gasteiger partial charge in [-0.2, -0.15) is 8.42 Å². The van der Waals surface area contributed by atoms with Crippen LogP contribution in [0.2, 0.25) is 0 Å². The SMILES string of the molecule is CO/N=C(/C(=O)NC1CN(S(=O)(=O)O)C1=O)c1ccccc1. The summed E-state index contributed by atoms with van der Waals surface area (Å²) in [4.78, 5) is 28.3. The minimum atomic E-state index is -4.59. The molecule has 0 aliphatic carbocycles. The van der Waals surface area contributed by atoms with Crippen LogP contribution in [-0.4, -0.2) is 54.5 Å². The number of hydrogen-bond donors (Lipinski definition) is 2. The number of β-lactam (4-membered cyclic amide) rings is 1. The predicted molar refractivity (Wildman–Crippen MR) is 75.2 cm³/mol. The summed E-state index contributed by atoms with van der Waals surface area (Å²) in [7, 11) is -3.32. The van der Waals surface area contributed by atoms with Gasteiger partial charge < -0.3 is 10.2 Å². The van der Waals surface area contributed by atoms with Crippen LogP contribution in [0.5, 0.6) is 0 Å². The highest BCUT2D eigenvalue weighted by Gasteiger charge is 2.44. The Morgan fingerprint density at radius 2 is 2.05 bits per heavy atom. The van der Waals surface area contributed by atoms with Crippen LogP contribution in [0.3, 0.4) is 0 Å². The third-order valence-electron chi connectivity index (χ3n) is 2.92. The molecule has 1 atom stereocenters. The van der Waals surface area contributed by atoms with Gasteiger partial charge in [-0.3, -0.25) is 14.1 Å². The van der Waals surface area contributed by atoms with Crippen molar-refractivity contribution >= 4 is 27.8 Å². The summed E-state index contributed by atoms with van der Waals surface area (Å²) in [6.45, 7) is -0.335. The molecule has 1 aliphatic rings. The zero-order valence-electron chi connectivity index (χ0n) is 11.5. The van der Waals surface area contributed by atoms with E-state index < -0.39 is 28.2 Å². The van der Waals surface area contributed by atoms with Crippen molar-refractivity contribution in [2.75, 3.05) is 13.7 Å². The highest BCUT2D eigenvalue weighted by atomic mass is 32.2. The number of nitrogens with zero attached hydrogens (tertiary/aromatic N) is 2. The van der Waals surface area contributed by atoms with E-state index >= 15 is 0 Å². The van der Waals surface area contributed by atoms with Gasteiger partial charge in [-0.05, 0) is 0 Å². The van der Waals surface area contributed by atoms with Crippen LogP contribution in [0.15, 0.2) is 35.5 Å². The van der Waals surface area contributed by atoms with Crippen molar-refractivity contribution < 1.29 is 27.4 Å². The van der Waals surface area contributed by atoms with Crippen molar-refractivity contribution in [1.82, 2.24) is 9.62 Å². The van der Waals surface area contributed by atoms with Crippen LogP contribution >= 0.6 is 0 Å². The minimum absolute atomic E-state index is 0.0544. The van der Waals surface area contributed by atoms with E-state index in [9.17, 15) is 18.0 Å². The summed E-state index contributed by atoms with van der Waals surface area (Å²) < 4.78 is 30.6. The Morgan fingerprint density at radius 1 is 1.41 bits per heavy atom. The van der Waals surface area contributed by atoms with Crippen molar-refractivity contribution in [2.45, 2.75) is 6.04 Å². The Labute approximate surface area is 126 Å². The zero-order chi connectivity index (χ0) is 16.3. The maximum atomic E-state index is 12.1. The van der Waals surface area contributed by atoms with Gasteiger partial charge in [0.1, 0.15) is 13.2 Å². The van der Waals surface area contributed by atoms with Gasteiger partial charge in [0.15, 0.2) is 5.71 Å². The molecule has 2 amide bonds. The van der Waals surface area contributed by atoms with Crippen molar-refractivity contribution in [2.24, 2.45) is 5.16 Å². The van der Waals surface area contributed by atoms with Gasteiger partial charge in [0.25, 0.3) is 11.8 Å². The quantitative estimate of drug-likeness (QED) is 0.315. The highest BCUT2D eigenvalue weighted by molar-refractivity contribution is 7.84. The molecule has 1 aromatic rings. The predicted octanol–water partition coefficient (Wildman–Crippen LogP) is -0.833. The lowest BCUT2D eigenvalue weighted by atomic mass is 10.1. The number of rotatable bonds is 5. The van der Waals surface area contributed by atoms with Gasteiger partial charge in [0.05, 0.1) is 6.54 Å². The van der Waals surface area contributed by atoms with Crippen LogP contribution in [0.4, 0.5) is 0 Å². The zero-order valence-corrected chi connectivity index (χ0v) is 12.3. The van der Waals surface area contributed by atoms with E-state index in [1.165, 1.54) is 7.11 Å². The fourth-order valence-corrected chi connectivity index (χ4v) is 2.54. The van der Waals surface area contributed by atoms with Gasteiger partial charge in [-0.15, -0.1) is 0 Å². The molecular weight excluding hydrogens is 314 g/mol. The fraction of sp³-hybridized carbons (Fsp3) is 0.250. The molecule has 2 N–H and O–H groups in total. The van der Waals surface area contributed by atoms with E-state index in [1.807, 2.05) is 0 Å². The molecule has 0 bridgehead atoms. The van der Waals surface area contributed by atoms with E-state index in [2.05, 4.69) is 15.3 Å². The standard InChI is InChI=1S/C12H13N3O6S/c1-21-14-10(8-5-3-2-4-6-8)11(16)13-9-7-15(12(9)17)22(18,19)20/h2-6,9H,7H2,1H3,(H,13,16)(H,18,19,20)/b14-10+. The van der Waals surface area contributed by atoms with Crippen molar-refractivity contribution in [3.8, 4) is 0 Å². The molecule has 1 unspecified atom stereocenters. The second-order valence-corrected chi connectivity index (χ2v) is 5.70. The van der Waals surface area contributed by atoms with Gasteiger partial charge in [0.2, 0.25) is 0 Å². The molecule has 1 aromatic carbocycles. The van der Waals surface area contributed by atoms with Crippen LogP contribution in [0, 0.1) is 0 Å². The lowest BCUT2D eigenvalue weighted by molar-refractivity contribution is -0.139. The largest absolute Gasteiger partial charge is 0.398 e. The summed E-state index contributed by atoms with van der Waals surface area (Å²) in [5.74, 6) is -1.61. The van der Waals surface area contributed by atoms with Crippen molar-refractivity contribution in [1.29, 1.82) is 0 Å². The van der Waals surface area contributed by atoms with Crippen molar-refractivity contribution in [3.05, 3.63) is 35.9 Å². The molecule has 10 heteroatoms. The molecule has 22 heavy (non-hydrogen) atoms. The maximum absolute atomic E-state index is 12.1.